The van der Waals surface area contributed by atoms with Crippen molar-refractivity contribution in [3.8, 4) is 11.5 Å². The van der Waals surface area contributed by atoms with Crippen molar-refractivity contribution in [3.05, 3.63) is 48.0 Å². The zero-order chi connectivity index (χ0) is 30.2. The van der Waals surface area contributed by atoms with Gasteiger partial charge in [-0.2, -0.15) is 0 Å². The first kappa shape index (κ1) is 31.0. The minimum absolute atomic E-state index is 0.165. The van der Waals surface area contributed by atoms with Gasteiger partial charge in [0, 0.05) is 31.2 Å². The summed E-state index contributed by atoms with van der Waals surface area (Å²) in [5.41, 5.74) is 1.14. The Balaban J connectivity index is 1.58. The number of nitrogens with zero attached hydrogens (tertiary/aromatic N) is 2. The number of urea groups is 2. The molecule has 1 aliphatic heterocycles. The highest BCUT2D eigenvalue weighted by Gasteiger charge is 2.35. The van der Waals surface area contributed by atoms with Gasteiger partial charge in [-0.05, 0) is 56.2 Å². The maximum absolute atomic E-state index is 13.7. The van der Waals surface area contributed by atoms with E-state index in [2.05, 4.69) is 16.0 Å². The molecule has 1 heterocycles. The van der Waals surface area contributed by atoms with E-state index in [0.717, 1.165) is 25.7 Å². The lowest BCUT2D eigenvalue weighted by atomic mass is 9.96. The molecule has 42 heavy (non-hydrogen) atoms. The van der Waals surface area contributed by atoms with Crippen LogP contribution in [0.3, 0.4) is 0 Å². The Bertz CT molecular complexity index is 1230. The molecule has 11 heteroatoms. The fourth-order valence-corrected chi connectivity index (χ4v) is 5.40. The normalized spacial score (nSPS) is 19.8. The molecule has 5 amide bonds. The smallest absolute Gasteiger partial charge is 0.323 e. The Labute approximate surface area is 247 Å². The van der Waals surface area contributed by atoms with Crippen molar-refractivity contribution < 1.29 is 29.0 Å². The molecule has 1 fully saturated rings. The van der Waals surface area contributed by atoms with E-state index >= 15 is 0 Å². The number of hydrogen-bond acceptors (Lipinski definition) is 6. The second-order valence-electron chi connectivity index (χ2n) is 11.3. The maximum atomic E-state index is 13.7. The molecule has 0 bridgehead atoms. The van der Waals surface area contributed by atoms with Crippen LogP contribution in [0.1, 0.15) is 56.3 Å². The largest absolute Gasteiger partial charge is 0.497 e. The highest BCUT2D eigenvalue weighted by Crippen LogP contribution is 2.35. The fraction of sp³-hybridized carbons (Fsp3) is 0.516. The summed E-state index contributed by atoms with van der Waals surface area (Å²) < 4.78 is 11.7. The van der Waals surface area contributed by atoms with E-state index in [1.54, 1.807) is 73.3 Å². The highest BCUT2D eigenvalue weighted by atomic mass is 16.5. The Hall–Kier alpha value is -3.99. The lowest BCUT2D eigenvalue weighted by Gasteiger charge is -2.38. The van der Waals surface area contributed by atoms with Gasteiger partial charge in [0.2, 0.25) is 0 Å². The van der Waals surface area contributed by atoms with Crippen molar-refractivity contribution in [2.75, 3.05) is 44.5 Å². The number of rotatable bonds is 8. The minimum atomic E-state index is -0.513. The monoisotopic (exact) mass is 581 g/mol. The van der Waals surface area contributed by atoms with Crippen molar-refractivity contribution >= 4 is 29.3 Å². The van der Waals surface area contributed by atoms with Crippen LogP contribution in [0.5, 0.6) is 11.5 Å². The zero-order valence-electron chi connectivity index (χ0n) is 24.9. The van der Waals surface area contributed by atoms with Crippen LogP contribution in [0.2, 0.25) is 0 Å². The average molecular weight is 582 g/mol. The molecule has 4 N–H and O–H groups in total. The maximum Gasteiger partial charge on any atom is 0.323 e. The zero-order valence-corrected chi connectivity index (χ0v) is 24.9. The number of carbonyl (C=O) groups is 3. The second kappa shape index (κ2) is 14.3. The first-order valence-electron chi connectivity index (χ1n) is 14.6. The molecule has 0 unspecified atom stereocenters. The van der Waals surface area contributed by atoms with Gasteiger partial charge in [0.1, 0.15) is 11.9 Å². The minimum Gasteiger partial charge on any atom is -0.497 e. The van der Waals surface area contributed by atoms with Gasteiger partial charge in [0.25, 0.3) is 5.91 Å². The molecule has 1 aliphatic carbocycles. The van der Waals surface area contributed by atoms with Crippen molar-refractivity contribution in [2.45, 2.75) is 64.1 Å². The predicted octanol–water partition coefficient (Wildman–Crippen LogP) is 4.53. The van der Waals surface area contributed by atoms with E-state index in [-0.39, 0.29) is 48.4 Å². The van der Waals surface area contributed by atoms with Gasteiger partial charge in [-0.15, -0.1) is 0 Å². The number of fused-ring (bicyclic) bond motifs is 1. The Kier molecular flexibility index (Phi) is 10.5. The van der Waals surface area contributed by atoms with E-state index in [0.29, 0.717) is 23.7 Å². The highest BCUT2D eigenvalue weighted by molar-refractivity contribution is 6.04. The first-order chi connectivity index (χ1) is 20.2. The molecule has 2 aliphatic rings. The summed E-state index contributed by atoms with van der Waals surface area (Å²) in [5, 5.41) is 18.7. The number of carbonyl (C=O) groups excluding carboxylic acids is 3. The van der Waals surface area contributed by atoms with Gasteiger partial charge in [0.15, 0.2) is 5.75 Å². The topological polar surface area (TPSA) is 132 Å². The summed E-state index contributed by atoms with van der Waals surface area (Å²) in [5.74, 6) is 0.387. The molecular formula is C31H43N5O6. The third-order valence-electron chi connectivity index (χ3n) is 8.02. The van der Waals surface area contributed by atoms with Crippen LogP contribution in [0.25, 0.3) is 0 Å². The summed E-state index contributed by atoms with van der Waals surface area (Å²) in [6, 6.07) is 11.0. The van der Waals surface area contributed by atoms with Crippen LogP contribution in [0.4, 0.5) is 21.0 Å². The number of para-hydroxylation sites is 1. The van der Waals surface area contributed by atoms with Crippen molar-refractivity contribution in [3.63, 3.8) is 0 Å². The second-order valence-corrected chi connectivity index (χ2v) is 11.3. The third-order valence-corrected chi connectivity index (χ3v) is 8.02. The van der Waals surface area contributed by atoms with Gasteiger partial charge >= 0.3 is 12.1 Å². The number of aliphatic hydroxyl groups is 1. The number of hydrogen-bond donors (Lipinski definition) is 4. The number of amides is 5. The Morgan fingerprint density at radius 3 is 2.50 bits per heavy atom. The van der Waals surface area contributed by atoms with Crippen LogP contribution < -0.4 is 25.4 Å². The average Bonchev–Trinajstić information content (AvgIpc) is 2.99. The van der Waals surface area contributed by atoms with Crippen molar-refractivity contribution in [2.24, 2.45) is 5.92 Å². The van der Waals surface area contributed by atoms with Gasteiger partial charge in [-0.25, -0.2) is 9.59 Å². The molecule has 228 valence electrons. The summed E-state index contributed by atoms with van der Waals surface area (Å²) >= 11 is 0. The van der Waals surface area contributed by atoms with Crippen LogP contribution in [0, 0.1) is 5.92 Å². The number of anilines is 2. The van der Waals surface area contributed by atoms with E-state index in [1.807, 2.05) is 6.92 Å². The predicted molar refractivity (Wildman–Crippen MR) is 161 cm³/mol. The summed E-state index contributed by atoms with van der Waals surface area (Å²) in [6.45, 7) is 4.14. The Morgan fingerprint density at radius 2 is 1.83 bits per heavy atom. The number of aliphatic hydroxyl groups excluding tert-OH is 1. The Morgan fingerprint density at radius 1 is 1.12 bits per heavy atom. The van der Waals surface area contributed by atoms with Gasteiger partial charge in [-0.3, -0.25) is 4.79 Å². The SMILES string of the molecule is COc1ccc(NC(=O)Nc2cccc3c2O[C@H](CN(C)C(=O)NC2CCCCC2)[C@H](C)CN([C@@H](C)CO)C3=O)cc1. The number of likely N-dealkylation sites (N-methyl/N-ethyl adjacent to an activating group) is 1. The summed E-state index contributed by atoms with van der Waals surface area (Å²) in [4.78, 5) is 43.0. The first-order valence-corrected chi connectivity index (χ1v) is 14.6. The van der Waals surface area contributed by atoms with Gasteiger partial charge in [-0.1, -0.05) is 32.3 Å². The molecule has 11 nitrogen and oxygen atoms in total. The quantitative estimate of drug-likeness (QED) is 0.362. The molecule has 3 atom stereocenters. The molecule has 0 aromatic heterocycles. The lowest BCUT2D eigenvalue weighted by Crippen LogP contribution is -2.52. The number of benzene rings is 2. The van der Waals surface area contributed by atoms with Crippen LogP contribution in [-0.2, 0) is 0 Å². The number of nitrogens with one attached hydrogen (secondary N) is 3. The molecule has 0 spiro atoms. The van der Waals surface area contributed by atoms with Crippen LogP contribution in [0.15, 0.2) is 42.5 Å². The lowest BCUT2D eigenvalue weighted by molar-refractivity contribution is 0.0368. The fourth-order valence-electron chi connectivity index (χ4n) is 5.40. The molecule has 0 saturated heterocycles. The summed E-state index contributed by atoms with van der Waals surface area (Å²) in [6.07, 6.45) is 4.89. The van der Waals surface area contributed by atoms with Crippen LogP contribution in [-0.4, -0.2) is 84.9 Å². The van der Waals surface area contributed by atoms with Gasteiger partial charge < -0.3 is 40.3 Å². The molecule has 2 aromatic rings. The van der Waals surface area contributed by atoms with E-state index < -0.39 is 18.2 Å². The molecule has 4 rings (SSSR count). The molecular weight excluding hydrogens is 538 g/mol. The van der Waals surface area contributed by atoms with Gasteiger partial charge in [0.05, 0.1) is 37.6 Å². The van der Waals surface area contributed by atoms with Crippen molar-refractivity contribution in [1.29, 1.82) is 0 Å². The van der Waals surface area contributed by atoms with Crippen molar-refractivity contribution in [1.82, 2.24) is 15.1 Å². The van der Waals surface area contributed by atoms with Crippen LogP contribution >= 0.6 is 0 Å². The van der Waals surface area contributed by atoms with E-state index in [4.69, 9.17) is 9.47 Å². The third kappa shape index (κ3) is 7.64. The molecule has 0 radical (unpaired) electrons. The molecule has 2 aromatic carbocycles. The molecule has 1 saturated carbocycles. The standard InChI is InChI=1S/C31H43N5O6/c1-20-17-36(21(2)19-37)29(38)25-11-8-12-26(34-30(39)32-23-13-15-24(41-4)16-14-23)28(25)42-27(20)18-35(3)31(40)33-22-9-6-5-7-10-22/h8,11-16,20-22,27,37H,5-7,9-10,17-19H2,1-4H3,(H,33,40)(H2,32,34,39)/t20-,21+,27-/m1/s1. The number of methoxy groups -OCH3 is 1. The number of ether oxygens (including phenoxy) is 2. The summed E-state index contributed by atoms with van der Waals surface area (Å²) in [7, 11) is 3.30. The van der Waals surface area contributed by atoms with E-state index in [1.165, 1.54) is 6.42 Å². The van der Waals surface area contributed by atoms with E-state index in [9.17, 15) is 19.5 Å².